The van der Waals surface area contributed by atoms with Crippen LogP contribution in [0.15, 0.2) is 30.6 Å². The summed E-state index contributed by atoms with van der Waals surface area (Å²) >= 11 is 5.73. The van der Waals surface area contributed by atoms with Crippen LogP contribution in [-0.2, 0) is 7.05 Å². The highest BCUT2D eigenvalue weighted by Gasteiger charge is 2.14. The summed E-state index contributed by atoms with van der Waals surface area (Å²) < 4.78 is 7.05. The van der Waals surface area contributed by atoms with E-state index in [9.17, 15) is 4.79 Å². The number of halogens is 1. The molecule has 0 amide bonds. The molecule has 0 bridgehead atoms. The molecule has 0 aliphatic heterocycles. The molecule has 1 aromatic carbocycles. The van der Waals surface area contributed by atoms with Gasteiger partial charge >= 0.3 is 12.0 Å². The van der Waals surface area contributed by atoms with Crippen LogP contribution in [0.3, 0.4) is 0 Å². The summed E-state index contributed by atoms with van der Waals surface area (Å²) in [5.41, 5.74) is 0.000463. The molecule has 0 radical (unpaired) electrons. The molecule has 0 spiro atoms. The Kier molecular flexibility index (Phi) is 3.01. The summed E-state index contributed by atoms with van der Waals surface area (Å²) in [6.07, 6.45) is 3.26. The van der Waals surface area contributed by atoms with E-state index in [2.05, 4.69) is 4.98 Å². The first-order chi connectivity index (χ1) is 8.08. The lowest BCUT2D eigenvalue weighted by Crippen LogP contribution is -2.02. The maximum absolute atomic E-state index is 11.0. The van der Waals surface area contributed by atoms with Crippen LogP contribution < -0.4 is 4.74 Å². The van der Waals surface area contributed by atoms with E-state index in [0.717, 1.165) is 0 Å². The fourth-order valence-electron chi connectivity index (χ4n) is 1.31. The molecule has 0 unspecified atom stereocenters. The van der Waals surface area contributed by atoms with Gasteiger partial charge in [0.2, 0.25) is 0 Å². The highest BCUT2D eigenvalue weighted by Crippen LogP contribution is 2.26. The van der Waals surface area contributed by atoms with Gasteiger partial charge in [-0.3, -0.25) is 0 Å². The monoisotopic (exact) mass is 252 g/mol. The molecule has 1 aromatic heterocycles. The van der Waals surface area contributed by atoms with Gasteiger partial charge in [-0.15, -0.1) is 0 Å². The molecule has 6 heteroatoms. The highest BCUT2D eigenvalue weighted by atomic mass is 35.5. The average Bonchev–Trinajstić information content (AvgIpc) is 2.67. The molecule has 0 saturated heterocycles. The van der Waals surface area contributed by atoms with Gasteiger partial charge in [0.15, 0.2) is 0 Å². The number of aryl methyl sites for hydroxylation is 1. The topological polar surface area (TPSA) is 64.4 Å². The smallest absolute Gasteiger partial charge is 0.339 e. The Morgan fingerprint density at radius 3 is 2.88 bits per heavy atom. The SMILES string of the molecule is Cn1ccnc1Oc1ccc(Cl)cc1C(=O)O. The molecule has 0 aliphatic carbocycles. The minimum atomic E-state index is -1.10. The number of ether oxygens (including phenoxy) is 1. The van der Waals surface area contributed by atoms with Gasteiger partial charge in [-0.25, -0.2) is 9.78 Å². The number of benzene rings is 1. The lowest BCUT2D eigenvalue weighted by atomic mass is 10.2. The Bertz CT molecular complexity index is 566. The zero-order chi connectivity index (χ0) is 12.4. The van der Waals surface area contributed by atoms with E-state index in [0.29, 0.717) is 11.0 Å². The number of hydrogen-bond acceptors (Lipinski definition) is 3. The van der Waals surface area contributed by atoms with Gasteiger partial charge in [-0.05, 0) is 18.2 Å². The van der Waals surface area contributed by atoms with Crippen LogP contribution in [0, 0.1) is 0 Å². The third-order valence-electron chi connectivity index (χ3n) is 2.15. The molecular weight excluding hydrogens is 244 g/mol. The summed E-state index contributed by atoms with van der Waals surface area (Å²) in [4.78, 5) is 15.0. The van der Waals surface area contributed by atoms with Crippen molar-refractivity contribution in [2.75, 3.05) is 0 Å². The number of carbonyl (C=O) groups is 1. The number of carboxylic acid groups (broad SMARTS) is 1. The maximum Gasteiger partial charge on any atom is 0.339 e. The zero-order valence-corrected chi connectivity index (χ0v) is 9.68. The highest BCUT2D eigenvalue weighted by molar-refractivity contribution is 6.31. The minimum absolute atomic E-state index is 0.000463. The summed E-state index contributed by atoms with van der Waals surface area (Å²) in [5, 5.41) is 9.36. The number of carboxylic acids is 1. The van der Waals surface area contributed by atoms with Crippen molar-refractivity contribution in [1.29, 1.82) is 0 Å². The molecular formula is C11H9ClN2O3. The largest absolute Gasteiger partial charge is 0.478 e. The average molecular weight is 253 g/mol. The van der Waals surface area contributed by atoms with Crippen molar-refractivity contribution in [1.82, 2.24) is 9.55 Å². The first-order valence-corrected chi connectivity index (χ1v) is 5.14. The molecule has 17 heavy (non-hydrogen) atoms. The molecule has 2 rings (SSSR count). The van der Waals surface area contributed by atoms with Crippen LogP contribution in [0.1, 0.15) is 10.4 Å². The van der Waals surface area contributed by atoms with Crippen molar-refractivity contribution in [2.24, 2.45) is 7.05 Å². The van der Waals surface area contributed by atoms with Crippen LogP contribution in [-0.4, -0.2) is 20.6 Å². The first-order valence-electron chi connectivity index (χ1n) is 4.76. The Hall–Kier alpha value is -2.01. The van der Waals surface area contributed by atoms with Crippen LogP contribution >= 0.6 is 11.6 Å². The predicted octanol–water partition coefficient (Wildman–Crippen LogP) is 2.56. The molecule has 2 aromatic rings. The fourth-order valence-corrected chi connectivity index (χ4v) is 1.48. The normalized spacial score (nSPS) is 10.2. The summed E-state index contributed by atoms with van der Waals surface area (Å²) in [7, 11) is 1.75. The summed E-state index contributed by atoms with van der Waals surface area (Å²) in [5.74, 6) is -0.895. The van der Waals surface area contributed by atoms with Crippen molar-refractivity contribution >= 4 is 17.6 Å². The van der Waals surface area contributed by atoms with Gasteiger partial charge in [0, 0.05) is 24.5 Å². The van der Waals surface area contributed by atoms with Gasteiger partial charge < -0.3 is 14.4 Å². The Morgan fingerprint density at radius 1 is 1.53 bits per heavy atom. The van der Waals surface area contributed by atoms with E-state index in [1.165, 1.54) is 12.1 Å². The van der Waals surface area contributed by atoms with E-state index in [-0.39, 0.29) is 11.3 Å². The van der Waals surface area contributed by atoms with Gasteiger partial charge in [-0.1, -0.05) is 11.6 Å². The van der Waals surface area contributed by atoms with Crippen molar-refractivity contribution in [3.63, 3.8) is 0 Å². The second kappa shape index (κ2) is 4.47. The van der Waals surface area contributed by atoms with Crippen LogP contribution in [0.5, 0.6) is 11.8 Å². The number of aromatic carboxylic acids is 1. The zero-order valence-electron chi connectivity index (χ0n) is 8.92. The standard InChI is InChI=1S/C11H9ClN2O3/c1-14-5-4-13-11(14)17-9-3-2-7(12)6-8(9)10(15)16/h2-6H,1H3,(H,15,16). The van der Waals surface area contributed by atoms with Crippen LogP contribution in [0.25, 0.3) is 0 Å². The molecule has 0 saturated carbocycles. The molecule has 0 aliphatic rings. The van der Waals surface area contributed by atoms with Gasteiger partial charge in [0.1, 0.15) is 11.3 Å². The summed E-state index contributed by atoms with van der Waals surface area (Å²) in [6.45, 7) is 0. The van der Waals surface area contributed by atoms with E-state index in [1.807, 2.05) is 0 Å². The molecule has 1 N–H and O–H groups in total. The third-order valence-corrected chi connectivity index (χ3v) is 2.39. The van der Waals surface area contributed by atoms with Crippen LogP contribution in [0.4, 0.5) is 0 Å². The number of aromatic nitrogens is 2. The second-order valence-electron chi connectivity index (χ2n) is 3.37. The molecule has 0 atom stereocenters. The van der Waals surface area contributed by atoms with Gasteiger partial charge in [0.05, 0.1) is 0 Å². The van der Waals surface area contributed by atoms with Crippen molar-refractivity contribution in [3.8, 4) is 11.8 Å². The van der Waals surface area contributed by atoms with Crippen LogP contribution in [0.2, 0.25) is 5.02 Å². The van der Waals surface area contributed by atoms with E-state index in [4.69, 9.17) is 21.4 Å². The fraction of sp³-hybridized carbons (Fsp3) is 0.0909. The van der Waals surface area contributed by atoms with Crippen molar-refractivity contribution in [2.45, 2.75) is 0 Å². The number of hydrogen-bond donors (Lipinski definition) is 1. The van der Waals surface area contributed by atoms with E-state index >= 15 is 0 Å². The molecule has 1 heterocycles. The van der Waals surface area contributed by atoms with E-state index in [1.54, 1.807) is 30.1 Å². The number of rotatable bonds is 3. The quantitative estimate of drug-likeness (QED) is 0.912. The second-order valence-corrected chi connectivity index (χ2v) is 3.80. The third kappa shape index (κ3) is 2.39. The van der Waals surface area contributed by atoms with E-state index < -0.39 is 5.97 Å². The molecule has 88 valence electrons. The predicted molar refractivity (Wildman–Crippen MR) is 61.7 cm³/mol. The van der Waals surface area contributed by atoms with Gasteiger partial charge in [-0.2, -0.15) is 0 Å². The first kappa shape index (κ1) is 11.5. The van der Waals surface area contributed by atoms with Crippen molar-refractivity contribution < 1.29 is 14.6 Å². The van der Waals surface area contributed by atoms with Gasteiger partial charge in [0.25, 0.3) is 0 Å². The lowest BCUT2D eigenvalue weighted by Gasteiger charge is -2.08. The van der Waals surface area contributed by atoms with Crippen molar-refractivity contribution in [3.05, 3.63) is 41.2 Å². The number of nitrogens with zero attached hydrogens (tertiary/aromatic N) is 2. The Balaban J connectivity index is 2.39. The number of imidazole rings is 1. The molecule has 0 fully saturated rings. The lowest BCUT2D eigenvalue weighted by molar-refractivity contribution is 0.0694. The Labute approximate surface area is 102 Å². The Morgan fingerprint density at radius 2 is 2.29 bits per heavy atom. The maximum atomic E-state index is 11.0. The summed E-state index contributed by atoms with van der Waals surface area (Å²) in [6, 6.07) is 4.71. The minimum Gasteiger partial charge on any atom is -0.478 e. The molecule has 5 nitrogen and oxygen atoms in total.